The standard InChI is InChI=1S/C19H19NO4/c1-3-23-12-16-15-6-4-5-7-17(15)24-18(16)19(21)20-13-8-10-14(22-2)11-9-13/h4-11H,3,12H2,1-2H3,(H,20,21). The molecule has 2 aromatic carbocycles. The second-order valence-electron chi connectivity index (χ2n) is 5.23. The summed E-state index contributed by atoms with van der Waals surface area (Å²) in [5.41, 5.74) is 2.11. The lowest BCUT2D eigenvalue weighted by Gasteiger charge is -2.06. The molecule has 0 aliphatic carbocycles. The van der Waals surface area contributed by atoms with Gasteiger partial charge >= 0.3 is 0 Å². The van der Waals surface area contributed by atoms with Gasteiger partial charge in [-0.05, 0) is 37.3 Å². The van der Waals surface area contributed by atoms with Gasteiger partial charge < -0.3 is 19.2 Å². The highest BCUT2D eigenvalue weighted by molar-refractivity contribution is 6.06. The molecule has 24 heavy (non-hydrogen) atoms. The van der Waals surface area contributed by atoms with Crippen molar-refractivity contribution in [2.75, 3.05) is 19.0 Å². The first-order chi connectivity index (χ1) is 11.7. The Morgan fingerprint density at radius 2 is 1.88 bits per heavy atom. The first kappa shape index (κ1) is 16.1. The molecule has 0 aliphatic rings. The largest absolute Gasteiger partial charge is 0.497 e. The minimum Gasteiger partial charge on any atom is -0.497 e. The molecule has 3 rings (SSSR count). The Hall–Kier alpha value is -2.79. The summed E-state index contributed by atoms with van der Waals surface area (Å²) in [5, 5.41) is 3.74. The van der Waals surface area contributed by atoms with Crippen LogP contribution in [0.3, 0.4) is 0 Å². The second-order valence-corrected chi connectivity index (χ2v) is 5.23. The smallest absolute Gasteiger partial charge is 0.291 e. The molecule has 0 saturated heterocycles. The summed E-state index contributed by atoms with van der Waals surface area (Å²) >= 11 is 0. The quantitative estimate of drug-likeness (QED) is 0.737. The van der Waals surface area contributed by atoms with E-state index < -0.39 is 0 Å². The molecular formula is C19H19NO4. The third-order valence-electron chi connectivity index (χ3n) is 3.70. The molecule has 0 fully saturated rings. The van der Waals surface area contributed by atoms with E-state index in [1.807, 2.05) is 31.2 Å². The second kappa shape index (κ2) is 7.19. The van der Waals surface area contributed by atoms with Crippen molar-refractivity contribution < 1.29 is 18.7 Å². The summed E-state index contributed by atoms with van der Waals surface area (Å²) in [4.78, 5) is 12.6. The predicted octanol–water partition coefficient (Wildman–Crippen LogP) is 4.23. The number of carbonyl (C=O) groups is 1. The van der Waals surface area contributed by atoms with E-state index in [1.165, 1.54) is 0 Å². The van der Waals surface area contributed by atoms with Crippen LogP contribution >= 0.6 is 0 Å². The minimum absolute atomic E-state index is 0.278. The van der Waals surface area contributed by atoms with E-state index in [0.29, 0.717) is 24.5 Å². The molecule has 0 saturated carbocycles. The third-order valence-corrected chi connectivity index (χ3v) is 3.70. The molecule has 1 heterocycles. The number of anilines is 1. The number of fused-ring (bicyclic) bond motifs is 1. The fourth-order valence-electron chi connectivity index (χ4n) is 2.49. The summed E-state index contributed by atoms with van der Waals surface area (Å²) in [7, 11) is 1.60. The Bertz CT molecular complexity index is 836. The summed E-state index contributed by atoms with van der Waals surface area (Å²) < 4.78 is 16.4. The molecule has 0 unspecified atom stereocenters. The van der Waals surface area contributed by atoms with Gasteiger partial charge in [-0.3, -0.25) is 4.79 Å². The van der Waals surface area contributed by atoms with Crippen LogP contribution in [-0.2, 0) is 11.3 Å². The molecule has 1 N–H and O–H groups in total. The zero-order valence-electron chi connectivity index (χ0n) is 13.7. The van der Waals surface area contributed by atoms with E-state index >= 15 is 0 Å². The number of benzene rings is 2. The summed E-state index contributed by atoms with van der Waals surface area (Å²) in [5.74, 6) is 0.709. The number of methoxy groups -OCH3 is 1. The Kier molecular flexibility index (Phi) is 4.82. The van der Waals surface area contributed by atoms with Gasteiger partial charge in [0.05, 0.1) is 13.7 Å². The Labute approximate surface area is 140 Å². The molecule has 5 heteroatoms. The Morgan fingerprint density at radius 3 is 2.58 bits per heavy atom. The van der Waals surface area contributed by atoms with Crippen LogP contribution in [0.25, 0.3) is 11.0 Å². The molecule has 0 aliphatic heterocycles. The van der Waals surface area contributed by atoms with Gasteiger partial charge in [0.2, 0.25) is 0 Å². The van der Waals surface area contributed by atoms with Crippen LogP contribution in [0, 0.1) is 0 Å². The first-order valence-electron chi connectivity index (χ1n) is 7.76. The number of carbonyl (C=O) groups excluding carboxylic acids is 1. The van der Waals surface area contributed by atoms with Crippen LogP contribution < -0.4 is 10.1 Å². The van der Waals surface area contributed by atoms with Crippen molar-refractivity contribution in [2.24, 2.45) is 0 Å². The average Bonchev–Trinajstić information content (AvgIpc) is 2.99. The summed E-state index contributed by atoms with van der Waals surface area (Å²) in [6.45, 7) is 2.82. The van der Waals surface area contributed by atoms with Crippen LogP contribution in [0.4, 0.5) is 5.69 Å². The molecule has 3 aromatic rings. The maximum absolute atomic E-state index is 12.6. The molecule has 0 radical (unpaired) electrons. The highest BCUT2D eigenvalue weighted by Gasteiger charge is 2.20. The van der Waals surface area contributed by atoms with E-state index in [4.69, 9.17) is 13.9 Å². The van der Waals surface area contributed by atoms with Gasteiger partial charge in [0.25, 0.3) is 5.91 Å². The number of nitrogens with one attached hydrogen (secondary N) is 1. The van der Waals surface area contributed by atoms with Crippen molar-refractivity contribution in [1.82, 2.24) is 0 Å². The van der Waals surface area contributed by atoms with Crippen molar-refractivity contribution in [1.29, 1.82) is 0 Å². The van der Waals surface area contributed by atoms with Gasteiger partial charge in [-0.2, -0.15) is 0 Å². The van der Waals surface area contributed by atoms with Crippen molar-refractivity contribution in [3.63, 3.8) is 0 Å². The highest BCUT2D eigenvalue weighted by Crippen LogP contribution is 2.27. The Balaban J connectivity index is 1.90. The number of para-hydroxylation sites is 1. The number of hydrogen-bond acceptors (Lipinski definition) is 4. The number of hydrogen-bond donors (Lipinski definition) is 1. The van der Waals surface area contributed by atoms with Gasteiger partial charge in [-0.15, -0.1) is 0 Å². The van der Waals surface area contributed by atoms with Crippen LogP contribution in [0.2, 0.25) is 0 Å². The van der Waals surface area contributed by atoms with Gasteiger partial charge in [-0.1, -0.05) is 18.2 Å². The van der Waals surface area contributed by atoms with Gasteiger partial charge in [0.1, 0.15) is 11.3 Å². The topological polar surface area (TPSA) is 60.7 Å². The fourth-order valence-corrected chi connectivity index (χ4v) is 2.49. The van der Waals surface area contributed by atoms with E-state index in [9.17, 15) is 4.79 Å². The summed E-state index contributed by atoms with van der Waals surface area (Å²) in [6, 6.07) is 14.7. The average molecular weight is 325 g/mol. The SMILES string of the molecule is CCOCc1c(C(=O)Nc2ccc(OC)cc2)oc2ccccc12. The molecule has 5 nitrogen and oxygen atoms in total. The lowest BCUT2D eigenvalue weighted by molar-refractivity contribution is 0.0984. The van der Waals surface area contributed by atoms with Crippen molar-refractivity contribution in [3.8, 4) is 5.75 Å². The zero-order valence-corrected chi connectivity index (χ0v) is 13.7. The number of ether oxygens (including phenoxy) is 2. The van der Waals surface area contributed by atoms with Crippen molar-refractivity contribution in [3.05, 3.63) is 59.9 Å². The number of amides is 1. The lowest BCUT2D eigenvalue weighted by atomic mass is 10.1. The van der Waals surface area contributed by atoms with Crippen molar-refractivity contribution in [2.45, 2.75) is 13.5 Å². The van der Waals surface area contributed by atoms with E-state index in [-0.39, 0.29) is 11.7 Å². The highest BCUT2D eigenvalue weighted by atomic mass is 16.5. The minimum atomic E-state index is -0.300. The molecule has 0 bridgehead atoms. The van der Waals surface area contributed by atoms with E-state index in [1.54, 1.807) is 31.4 Å². The van der Waals surface area contributed by atoms with Gasteiger partial charge in [0, 0.05) is 23.2 Å². The Morgan fingerprint density at radius 1 is 1.12 bits per heavy atom. The van der Waals surface area contributed by atoms with Crippen LogP contribution in [0.15, 0.2) is 52.9 Å². The molecule has 1 aromatic heterocycles. The predicted molar refractivity (Wildman–Crippen MR) is 92.5 cm³/mol. The molecule has 1 amide bonds. The number of furan rings is 1. The van der Waals surface area contributed by atoms with E-state index in [2.05, 4.69) is 5.32 Å². The van der Waals surface area contributed by atoms with Crippen LogP contribution in [-0.4, -0.2) is 19.6 Å². The number of rotatable bonds is 6. The monoisotopic (exact) mass is 325 g/mol. The zero-order chi connectivity index (χ0) is 16.9. The molecule has 0 spiro atoms. The molecular weight excluding hydrogens is 306 g/mol. The van der Waals surface area contributed by atoms with E-state index in [0.717, 1.165) is 16.7 Å². The maximum atomic E-state index is 12.6. The maximum Gasteiger partial charge on any atom is 0.291 e. The molecule has 0 atom stereocenters. The van der Waals surface area contributed by atoms with Crippen LogP contribution in [0.1, 0.15) is 23.0 Å². The summed E-state index contributed by atoms with van der Waals surface area (Å²) in [6.07, 6.45) is 0. The fraction of sp³-hybridized carbons (Fsp3) is 0.211. The first-order valence-corrected chi connectivity index (χ1v) is 7.76. The van der Waals surface area contributed by atoms with Gasteiger partial charge in [0.15, 0.2) is 5.76 Å². The third kappa shape index (κ3) is 3.26. The van der Waals surface area contributed by atoms with Gasteiger partial charge in [-0.25, -0.2) is 0 Å². The van der Waals surface area contributed by atoms with Crippen molar-refractivity contribution >= 4 is 22.6 Å². The lowest BCUT2D eigenvalue weighted by Crippen LogP contribution is -2.13. The molecule has 124 valence electrons. The normalized spacial score (nSPS) is 10.8. The van der Waals surface area contributed by atoms with Crippen LogP contribution in [0.5, 0.6) is 5.75 Å².